The zero-order valence-corrected chi connectivity index (χ0v) is 17.3. The lowest BCUT2D eigenvalue weighted by Crippen LogP contribution is -2.07. The van der Waals surface area contributed by atoms with Crippen LogP contribution < -0.4 is 5.32 Å². The van der Waals surface area contributed by atoms with E-state index in [1.165, 1.54) is 16.0 Å². The number of nitrogens with zero attached hydrogens (tertiary/aromatic N) is 5. The van der Waals surface area contributed by atoms with Crippen molar-refractivity contribution in [2.24, 2.45) is 4.99 Å². The number of nitrogens with one attached hydrogen (secondary N) is 1. The Bertz CT molecular complexity index is 1220. The van der Waals surface area contributed by atoms with Crippen molar-refractivity contribution in [3.05, 3.63) is 82.0 Å². The first-order chi connectivity index (χ1) is 14.1. The Kier molecular flexibility index (Phi) is 4.24. The van der Waals surface area contributed by atoms with Gasteiger partial charge in [-0.25, -0.2) is 0 Å². The summed E-state index contributed by atoms with van der Waals surface area (Å²) in [6.07, 6.45) is 3.58. The zero-order valence-electron chi connectivity index (χ0n) is 16.5. The number of aliphatic imine (C=N–C) groups is 1. The van der Waals surface area contributed by atoms with E-state index < -0.39 is 0 Å². The highest BCUT2D eigenvalue weighted by Gasteiger charge is 2.26. The molecule has 3 aromatic heterocycles. The summed E-state index contributed by atoms with van der Waals surface area (Å²) in [4.78, 5) is 10.4. The molecule has 0 saturated heterocycles. The summed E-state index contributed by atoms with van der Waals surface area (Å²) in [5.74, 6) is 1.78. The third-order valence-electron chi connectivity index (χ3n) is 5.19. The van der Waals surface area contributed by atoms with Gasteiger partial charge in [0.1, 0.15) is 17.4 Å². The molecule has 4 heterocycles. The normalized spacial score (nSPS) is 12.7. The molecule has 29 heavy (non-hydrogen) atoms. The van der Waals surface area contributed by atoms with Crippen LogP contribution in [0.4, 0.5) is 11.4 Å². The molecular formula is C22H20N6S. The summed E-state index contributed by atoms with van der Waals surface area (Å²) in [7, 11) is 0. The van der Waals surface area contributed by atoms with Crippen LogP contribution in [0.15, 0.2) is 53.8 Å². The van der Waals surface area contributed by atoms with Gasteiger partial charge in [-0.1, -0.05) is 12.1 Å². The Morgan fingerprint density at radius 1 is 1.00 bits per heavy atom. The fourth-order valence-electron chi connectivity index (χ4n) is 3.60. The van der Waals surface area contributed by atoms with Gasteiger partial charge in [-0.2, -0.15) is 0 Å². The molecule has 4 aromatic rings. The van der Waals surface area contributed by atoms with Crippen LogP contribution in [0.1, 0.15) is 33.2 Å². The molecule has 0 fully saturated rings. The Hall–Kier alpha value is -3.32. The van der Waals surface area contributed by atoms with Gasteiger partial charge in [-0.15, -0.1) is 21.5 Å². The highest BCUT2D eigenvalue weighted by molar-refractivity contribution is 7.15. The van der Waals surface area contributed by atoms with Crippen LogP contribution in [-0.2, 0) is 6.54 Å². The van der Waals surface area contributed by atoms with E-state index in [0.717, 1.165) is 39.3 Å². The summed E-state index contributed by atoms with van der Waals surface area (Å²) < 4.78 is 2.15. The van der Waals surface area contributed by atoms with E-state index in [1.54, 1.807) is 17.5 Å². The van der Waals surface area contributed by atoms with Crippen LogP contribution in [0, 0.1) is 20.8 Å². The quantitative estimate of drug-likeness (QED) is 0.539. The molecule has 0 bridgehead atoms. The first-order valence-corrected chi connectivity index (χ1v) is 10.3. The lowest BCUT2D eigenvalue weighted by atomic mass is 9.99. The van der Waals surface area contributed by atoms with Crippen molar-refractivity contribution in [2.45, 2.75) is 27.3 Å². The number of fused-ring (bicyclic) bond motifs is 3. The van der Waals surface area contributed by atoms with Gasteiger partial charge in [0.2, 0.25) is 0 Å². The smallest absolute Gasteiger partial charge is 0.160 e. The van der Waals surface area contributed by atoms with E-state index >= 15 is 0 Å². The van der Waals surface area contributed by atoms with Crippen molar-refractivity contribution >= 4 is 28.4 Å². The first-order valence-electron chi connectivity index (χ1n) is 9.45. The summed E-state index contributed by atoms with van der Waals surface area (Å²) in [5, 5.41) is 13.1. The van der Waals surface area contributed by atoms with E-state index in [0.29, 0.717) is 6.54 Å². The van der Waals surface area contributed by atoms with Gasteiger partial charge in [0.15, 0.2) is 5.82 Å². The summed E-state index contributed by atoms with van der Waals surface area (Å²) in [6.45, 7) is 6.84. The lowest BCUT2D eigenvalue weighted by molar-refractivity contribution is 0.869. The standard InChI is InChI=1S/C22H20N6S/c1-13-14(2)29-22-20(13)21(24-12-19-27-26-15(3)28(19)22)16-6-8-17(9-7-16)25-18-5-4-10-23-11-18/h4-11,25H,12H2,1-3H3. The molecule has 0 amide bonds. The van der Waals surface area contributed by atoms with Crippen molar-refractivity contribution in [2.75, 3.05) is 5.32 Å². The van der Waals surface area contributed by atoms with E-state index in [2.05, 4.69) is 63.2 Å². The van der Waals surface area contributed by atoms with Crippen LogP contribution in [0.5, 0.6) is 0 Å². The number of hydrogen-bond donors (Lipinski definition) is 1. The minimum Gasteiger partial charge on any atom is -0.354 e. The number of anilines is 2. The maximum absolute atomic E-state index is 4.95. The molecule has 5 rings (SSSR count). The monoisotopic (exact) mass is 400 g/mol. The summed E-state index contributed by atoms with van der Waals surface area (Å²) in [5.41, 5.74) is 6.54. The molecule has 1 aromatic carbocycles. The molecule has 0 aliphatic carbocycles. The van der Waals surface area contributed by atoms with Crippen LogP contribution >= 0.6 is 11.3 Å². The van der Waals surface area contributed by atoms with E-state index in [-0.39, 0.29) is 0 Å². The number of pyridine rings is 1. The fraction of sp³-hybridized carbons (Fsp3) is 0.182. The topological polar surface area (TPSA) is 68.0 Å². The van der Waals surface area contributed by atoms with Gasteiger partial charge in [0, 0.05) is 27.9 Å². The average Bonchev–Trinajstić information content (AvgIpc) is 3.18. The van der Waals surface area contributed by atoms with Gasteiger partial charge in [-0.3, -0.25) is 14.5 Å². The van der Waals surface area contributed by atoms with Gasteiger partial charge < -0.3 is 5.32 Å². The molecular weight excluding hydrogens is 380 g/mol. The number of thiophene rings is 1. The van der Waals surface area contributed by atoms with E-state index in [9.17, 15) is 0 Å². The minimum atomic E-state index is 0.520. The maximum atomic E-state index is 4.95. The zero-order chi connectivity index (χ0) is 20.0. The predicted molar refractivity (Wildman–Crippen MR) is 117 cm³/mol. The molecule has 6 nitrogen and oxygen atoms in total. The molecule has 144 valence electrons. The van der Waals surface area contributed by atoms with Gasteiger partial charge in [-0.05, 0) is 50.6 Å². The van der Waals surface area contributed by atoms with Crippen molar-refractivity contribution in [1.82, 2.24) is 19.7 Å². The second kappa shape index (κ2) is 6.93. The molecule has 1 N–H and O–H groups in total. The fourth-order valence-corrected chi connectivity index (χ4v) is 4.82. The molecule has 0 unspecified atom stereocenters. The first kappa shape index (κ1) is 17.8. The van der Waals surface area contributed by atoms with Crippen molar-refractivity contribution in [1.29, 1.82) is 0 Å². The second-order valence-corrected chi connectivity index (χ2v) is 8.27. The molecule has 1 aliphatic rings. The Morgan fingerprint density at radius 2 is 1.83 bits per heavy atom. The number of hydrogen-bond acceptors (Lipinski definition) is 6. The molecule has 0 spiro atoms. The van der Waals surface area contributed by atoms with Crippen LogP contribution in [-0.4, -0.2) is 25.5 Å². The molecule has 7 heteroatoms. The largest absolute Gasteiger partial charge is 0.354 e. The average molecular weight is 401 g/mol. The van der Waals surface area contributed by atoms with Gasteiger partial charge >= 0.3 is 0 Å². The number of benzene rings is 1. The van der Waals surface area contributed by atoms with Crippen molar-refractivity contribution in [3.8, 4) is 5.00 Å². The highest BCUT2D eigenvalue weighted by Crippen LogP contribution is 2.36. The SMILES string of the molecule is Cc1sc2c(c1C)C(c1ccc(Nc3cccnc3)cc1)=NCc1nnc(C)n1-2. The number of aryl methyl sites for hydroxylation is 2. The van der Waals surface area contributed by atoms with Crippen molar-refractivity contribution in [3.63, 3.8) is 0 Å². The molecule has 0 atom stereocenters. The molecule has 1 aliphatic heterocycles. The summed E-state index contributed by atoms with van der Waals surface area (Å²) in [6, 6.07) is 12.3. The van der Waals surface area contributed by atoms with Crippen LogP contribution in [0.25, 0.3) is 5.00 Å². The Morgan fingerprint density at radius 3 is 2.59 bits per heavy atom. The number of aromatic nitrogens is 4. The third-order valence-corrected chi connectivity index (χ3v) is 6.38. The van der Waals surface area contributed by atoms with E-state index in [1.807, 2.05) is 25.3 Å². The van der Waals surface area contributed by atoms with Gasteiger partial charge in [0.25, 0.3) is 0 Å². The Balaban J connectivity index is 1.55. The third kappa shape index (κ3) is 3.03. The Labute approximate surface area is 173 Å². The number of rotatable bonds is 3. The van der Waals surface area contributed by atoms with Crippen LogP contribution in [0.3, 0.4) is 0 Å². The van der Waals surface area contributed by atoms with E-state index in [4.69, 9.17) is 4.99 Å². The minimum absolute atomic E-state index is 0.520. The highest BCUT2D eigenvalue weighted by atomic mass is 32.1. The van der Waals surface area contributed by atoms with Gasteiger partial charge in [0.05, 0.1) is 17.6 Å². The maximum Gasteiger partial charge on any atom is 0.160 e. The van der Waals surface area contributed by atoms with Crippen LogP contribution in [0.2, 0.25) is 0 Å². The van der Waals surface area contributed by atoms with Crippen molar-refractivity contribution < 1.29 is 0 Å². The predicted octanol–water partition coefficient (Wildman–Crippen LogP) is 4.74. The summed E-state index contributed by atoms with van der Waals surface area (Å²) >= 11 is 1.78. The lowest BCUT2D eigenvalue weighted by Gasteiger charge is -2.11. The second-order valence-electron chi connectivity index (χ2n) is 7.07. The molecule has 0 saturated carbocycles. The molecule has 0 radical (unpaired) electrons.